The van der Waals surface area contributed by atoms with E-state index in [1.165, 1.54) is 89.9 Å². The first kappa shape index (κ1) is 55.2. The van der Waals surface area contributed by atoms with Gasteiger partial charge in [0.1, 0.15) is 5.78 Å². The summed E-state index contributed by atoms with van der Waals surface area (Å²) >= 11 is 0. The molecule has 12 aliphatic rings. The van der Waals surface area contributed by atoms with E-state index in [2.05, 4.69) is 83.1 Å². The van der Waals surface area contributed by atoms with Gasteiger partial charge < -0.3 is 25.2 Å². The Hall–Kier alpha value is -0.530. The van der Waals surface area contributed by atoms with Gasteiger partial charge in [0.05, 0.1) is 30.5 Å². The fourth-order valence-electron chi connectivity index (χ4n) is 24.1. The van der Waals surface area contributed by atoms with Crippen molar-refractivity contribution < 1.29 is 30.0 Å². The van der Waals surface area contributed by atoms with E-state index in [1.807, 2.05) is 7.11 Å². The topological polar surface area (TPSA) is 107 Å². The molecule has 12 saturated carbocycles. The van der Waals surface area contributed by atoms with Crippen LogP contribution in [-0.2, 0) is 9.53 Å². The number of fused-ring (bicyclic) bond motifs is 15. The first-order chi connectivity index (χ1) is 32.9. The molecule has 0 heterocycles. The van der Waals surface area contributed by atoms with Crippen LogP contribution in [0.3, 0.4) is 0 Å². The zero-order chi connectivity index (χ0) is 50.4. The van der Waals surface area contributed by atoms with Gasteiger partial charge in [-0.2, -0.15) is 0 Å². The fraction of sp³-hybridized carbons (Fsp3) is 0.985. The van der Waals surface area contributed by atoms with Gasteiger partial charge in [-0.1, -0.05) is 90.5 Å². The molecule has 0 bridgehead atoms. The minimum atomic E-state index is -0.153. The SMILES string of the molecule is C.CO[C@H]1C[C@]2(C)[C@@H](C)CC[C@H]2[C@@H]2CC[C@H]3[C@@H](C)[C@H](O)CC[C@]3(C)[C@H]21.C[C@H]1[C@H](O)CC[C@@]2(C)[C@H]1CC[C@H]1[C@@H]3CC[C@H](C)[C@@]3(C)CC(=O)[C@@H]12.C[C@H]1[C@H](O)CC[C@]2(C)[C@@H]3[C@@H](CC[C@@H]12)[C@@H]1CC[C@H](C)[C@@]1(C)C[C@@H]3O. The monoisotopic (exact) mass is 989 g/mol. The standard InChI is InChI=1S/C22H38O2.C21H36O2.C21H34O2.CH4/c1-13-6-8-17-15-7-9-16-14(2)18(23)10-11-21(16,3)20(15)19(24-5)12-22(13,17)4;2*1-12-5-7-16-14-6-8-15-13(2)17(22)9-10-20(15,3)19(14)18(23)11-21(12,16)4;/h13-20,23H,6-12H2,1-5H3;12-19,22-23H,5-11H2,1-4H3;12-17,19,22H,5-11H2,1-4H3;1H4/t13-,14+,15-,16-,17-,18+,19-,20+,21-,22+;12-,13+,14-,15-,16-,17+,18-,19+,20-,21+;12-,13+,14-,15-,16-,17+,19+,20-,21+;/m000./s1. The van der Waals surface area contributed by atoms with E-state index in [0.29, 0.717) is 87.3 Å². The molecule has 12 aliphatic carbocycles. The lowest BCUT2D eigenvalue weighted by Crippen LogP contribution is -2.60. The summed E-state index contributed by atoms with van der Waals surface area (Å²) in [5.41, 5.74) is 1.88. The van der Waals surface area contributed by atoms with Crippen molar-refractivity contribution in [2.75, 3.05) is 7.11 Å². The molecule has 4 N–H and O–H groups in total. The van der Waals surface area contributed by atoms with E-state index in [0.717, 1.165) is 86.4 Å². The fourth-order valence-corrected chi connectivity index (χ4v) is 24.1. The van der Waals surface area contributed by atoms with Crippen molar-refractivity contribution in [3.63, 3.8) is 0 Å². The molecule has 0 radical (unpaired) electrons. The summed E-state index contributed by atoms with van der Waals surface area (Å²) in [4.78, 5) is 13.3. The van der Waals surface area contributed by atoms with Crippen LogP contribution in [0.1, 0.15) is 225 Å². The zero-order valence-corrected chi connectivity index (χ0v) is 47.2. The van der Waals surface area contributed by atoms with Gasteiger partial charge in [0.25, 0.3) is 0 Å². The van der Waals surface area contributed by atoms with Crippen LogP contribution in [0.15, 0.2) is 0 Å². The Labute approximate surface area is 435 Å². The maximum Gasteiger partial charge on any atom is 0.137 e. The molecule has 0 unspecified atom stereocenters. The summed E-state index contributed by atoms with van der Waals surface area (Å²) < 4.78 is 6.20. The maximum atomic E-state index is 13.3. The number of hydrogen-bond acceptors (Lipinski definition) is 6. The summed E-state index contributed by atoms with van der Waals surface area (Å²) in [6.07, 6.45) is 25.1. The molecular weight excluding hydrogens is 877 g/mol. The predicted octanol–water partition coefficient (Wildman–Crippen LogP) is 14.2. The molecule has 0 saturated heterocycles. The Balaban J connectivity index is 0.000000131. The van der Waals surface area contributed by atoms with Gasteiger partial charge in [-0.3, -0.25) is 4.79 Å². The Kier molecular flexibility index (Phi) is 15.1. The minimum absolute atomic E-state index is 0. The van der Waals surface area contributed by atoms with Gasteiger partial charge in [0, 0.05) is 19.4 Å². The van der Waals surface area contributed by atoms with Gasteiger partial charge >= 0.3 is 0 Å². The van der Waals surface area contributed by atoms with Crippen LogP contribution in [-0.4, -0.2) is 63.8 Å². The average Bonchev–Trinajstić information content (AvgIpc) is 3.91. The summed E-state index contributed by atoms with van der Waals surface area (Å²) in [5, 5.41) is 42.4. The third-order valence-corrected chi connectivity index (χ3v) is 28.7. The minimum Gasteiger partial charge on any atom is -0.393 e. The van der Waals surface area contributed by atoms with Gasteiger partial charge in [-0.25, -0.2) is 0 Å². The number of carbonyl (C=O) groups is 1. The van der Waals surface area contributed by atoms with Crippen LogP contribution in [0.4, 0.5) is 0 Å². The van der Waals surface area contributed by atoms with E-state index >= 15 is 0 Å². The van der Waals surface area contributed by atoms with Crippen molar-refractivity contribution >= 4 is 5.78 Å². The molecular formula is C65H112O6. The summed E-state index contributed by atoms with van der Waals surface area (Å²) in [6, 6.07) is 0. The number of carbonyl (C=O) groups excluding carboxylic acids is 1. The molecule has 6 nitrogen and oxygen atoms in total. The molecule has 71 heavy (non-hydrogen) atoms. The quantitative estimate of drug-likeness (QED) is 0.209. The van der Waals surface area contributed by atoms with Crippen molar-refractivity contribution in [1.82, 2.24) is 0 Å². The van der Waals surface area contributed by atoms with Crippen molar-refractivity contribution in [2.45, 2.75) is 256 Å². The second kappa shape index (κ2) is 19.4. The molecule has 6 heteroatoms. The highest BCUT2D eigenvalue weighted by atomic mass is 16.5. The van der Waals surface area contributed by atoms with Crippen LogP contribution in [0.2, 0.25) is 0 Å². The first-order valence-electron chi connectivity index (χ1n) is 30.7. The van der Waals surface area contributed by atoms with E-state index in [-0.39, 0.29) is 54.0 Å². The summed E-state index contributed by atoms with van der Waals surface area (Å²) in [5.74, 6) is 12.1. The van der Waals surface area contributed by atoms with Crippen molar-refractivity contribution in [2.24, 2.45) is 139 Å². The van der Waals surface area contributed by atoms with Crippen molar-refractivity contribution in [1.29, 1.82) is 0 Å². The number of hydrogen-bond donors (Lipinski definition) is 4. The largest absolute Gasteiger partial charge is 0.393 e. The number of aliphatic hydroxyl groups excluding tert-OH is 4. The normalized spacial score (nSPS) is 59.7. The van der Waals surface area contributed by atoms with Gasteiger partial charge in [0.15, 0.2) is 0 Å². The second-order valence-corrected chi connectivity index (χ2v) is 30.7. The Morgan fingerprint density at radius 2 is 0.775 bits per heavy atom. The third kappa shape index (κ3) is 8.19. The van der Waals surface area contributed by atoms with Gasteiger partial charge in [0.2, 0.25) is 0 Å². The van der Waals surface area contributed by atoms with Crippen LogP contribution in [0.5, 0.6) is 0 Å². The lowest BCUT2D eigenvalue weighted by molar-refractivity contribution is -0.196. The van der Waals surface area contributed by atoms with Gasteiger partial charge in [-0.05, 0) is 262 Å². The molecule has 408 valence electrons. The summed E-state index contributed by atoms with van der Waals surface area (Å²) in [7, 11) is 1.96. The van der Waals surface area contributed by atoms with Crippen molar-refractivity contribution in [3.05, 3.63) is 0 Å². The molecule has 12 rings (SSSR count). The van der Waals surface area contributed by atoms with Crippen LogP contribution >= 0.6 is 0 Å². The van der Waals surface area contributed by atoms with Crippen LogP contribution in [0, 0.1) is 139 Å². The molecule has 0 aliphatic heterocycles. The lowest BCUT2D eigenvalue weighted by atomic mass is 9.42. The Morgan fingerprint density at radius 1 is 0.408 bits per heavy atom. The number of aliphatic hydroxyl groups is 4. The van der Waals surface area contributed by atoms with Crippen molar-refractivity contribution in [3.8, 4) is 0 Å². The van der Waals surface area contributed by atoms with Gasteiger partial charge in [-0.15, -0.1) is 0 Å². The number of methoxy groups -OCH3 is 1. The number of ether oxygens (including phenoxy) is 1. The highest BCUT2D eigenvalue weighted by molar-refractivity contribution is 5.84. The number of Topliss-reactive ketones (excluding diaryl/α,β-unsaturated/α-hetero) is 1. The van der Waals surface area contributed by atoms with E-state index in [4.69, 9.17) is 4.74 Å². The molecule has 0 amide bonds. The van der Waals surface area contributed by atoms with Crippen LogP contribution < -0.4 is 0 Å². The first-order valence-corrected chi connectivity index (χ1v) is 30.7. The highest BCUT2D eigenvalue weighted by Crippen LogP contribution is 2.71. The Bertz CT molecular complexity index is 1900. The average molecular weight is 990 g/mol. The highest BCUT2D eigenvalue weighted by Gasteiger charge is 2.67. The molecule has 0 aromatic rings. The molecule has 0 aromatic carbocycles. The summed E-state index contributed by atoms with van der Waals surface area (Å²) in [6.45, 7) is 28.9. The van der Waals surface area contributed by atoms with E-state index in [9.17, 15) is 25.2 Å². The van der Waals surface area contributed by atoms with E-state index < -0.39 is 0 Å². The van der Waals surface area contributed by atoms with E-state index in [1.54, 1.807) is 0 Å². The molecule has 29 atom stereocenters. The smallest absolute Gasteiger partial charge is 0.137 e. The zero-order valence-electron chi connectivity index (χ0n) is 47.2. The Morgan fingerprint density at radius 3 is 1.25 bits per heavy atom. The second-order valence-electron chi connectivity index (χ2n) is 30.7. The number of ketones is 1. The molecule has 12 fully saturated rings. The maximum absolute atomic E-state index is 13.3. The third-order valence-electron chi connectivity index (χ3n) is 28.7. The lowest BCUT2D eigenvalue weighted by Gasteiger charge is -2.64. The number of rotatable bonds is 1. The molecule has 0 aromatic heterocycles. The van der Waals surface area contributed by atoms with Crippen LogP contribution in [0.25, 0.3) is 0 Å². The molecule has 0 spiro atoms. The predicted molar refractivity (Wildman–Crippen MR) is 289 cm³/mol.